The second-order valence-electron chi connectivity index (χ2n) is 5.62. The highest BCUT2D eigenvalue weighted by Crippen LogP contribution is 2.31. The molecule has 2 rings (SSSR count). The predicted molar refractivity (Wildman–Crippen MR) is 86.0 cm³/mol. The number of halogens is 3. The topological polar surface area (TPSA) is 64.0 Å². The van der Waals surface area contributed by atoms with Crippen molar-refractivity contribution in [1.82, 2.24) is 15.1 Å². The molecule has 0 aliphatic heterocycles. The number of nitrogens with one attached hydrogen (secondary N) is 1. The minimum atomic E-state index is -4.45. The Morgan fingerprint density at radius 1 is 1.28 bits per heavy atom. The summed E-state index contributed by atoms with van der Waals surface area (Å²) in [5, 5.41) is 6.54. The van der Waals surface area contributed by atoms with E-state index in [1.54, 1.807) is 6.07 Å². The van der Waals surface area contributed by atoms with Crippen LogP contribution in [0.3, 0.4) is 0 Å². The van der Waals surface area contributed by atoms with Crippen molar-refractivity contribution in [2.24, 2.45) is 7.05 Å². The van der Waals surface area contributed by atoms with Crippen LogP contribution < -0.4 is 10.9 Å². The van der Waals surface area contributed by atoms with E-state index in [9.17, 15) is 22.8 Å². The first-order valence-corrected chi connectivity index (χ1v) is 7.74. The second-order valence-corrected chi connectivity index (χ2v) is 5.62. The fourth-order valence-corrected chi connectivity index (χ4v) is 2.40. The van der Waals surface area contributed by atoms with E-state index in [1.165, 1.54) is 25.2 Å². The number of aryl methyl sites for hydroxylation is 1. The van der Waals surface area contributed by atoms with Gasteiger partial charge in [0.25, 0.3) is 11.5 Å². The van der Waals surface area contributed by atoms with Crippen molar-refractivity contribution in [2.75, 3.05) is 0 Å². The highest BCUT2D eigenvalue weighted by Gasteiger charge is 2.31. The summed E-state index contributed by atoms with van der Waals surface area (Å²) in [6.07, 6.45) is -3.31. The highest BCUT2D eigenvalue weighted by atomic mass is 19.4. The van der Waals surface area contributed by atoms with E-state index in [-0.39, 0.29) is 11.3 Å². The molecule has 0 bridgehead atoms. The molecule has 1 amide bonds. The average Bonchev–Trinajstić information content (AvgIpc) is 2.56. The molecule has 1 atom stereocenters. The average molecular weight is 353 g/mol. The van der Waals surface area contributed by atoms with Gasteiger partial charge in [-0.05, 0) is 30.2 Å². The van der Waals surface area contributed by atoms with Gasteiger partial charge in [-0.3, -0.25) is 9.59 Å². The maximum atomic E-state index is 12.9. The van der Waals surface area contributed by atoms with E-state index < -0.39 is 23.7 Å². The van der Waals surface area contributed by atoms with Gasteiger partial charge in [-0.15, -0.1) is 0 Å². The first kappa shape index (κ1) is 18.7. The van der Waals surface area contributed by atoms with E-state index in [0.717, 1.165) is 16.8 Å². The molecule has 0 saturated carbocycles. The molecule has 1 aromatic carbocycles. The minimum Gasteiger partial charge on any atom is -0.344 e. The number of hydrogen-bond acceptors (Lipinski definition) is 3. The number of nitrogens with zero attached hydrogens (tertiary/aromatic N) is 2. The summed E-state index contributed by atoms with van der Waals surface area (Å²) in [5.41, 5.74) is -0.731. The molecule has 25 heavy (non-hydrogen) atoms. The molecule has 1 N–H and O–H groups in total. The van der Waals surface area contributed by atoms with Crippen LogP contribution in [0.25, 0.3) is 0 Å². The highest BCUT2D eigenvalue weighted by molar-refractivity contribution is 5.92. The van der Waals surface area contributed by atoms with Gasteiger partial charge >= 0.3 is 6.18 Å². The summed E-state index contributed by atoms with van der Waals surface area (Å²) in [6, 6.07) is 6.80. The smallest absolute Gasteiger partial charge is 0.344 e. The Morgan fingerprint density at radius 3 is 2.60 bits per heavy atom. The third-order valence-electron chi connectivity index (χ3n) is 3.69. The Labute approximate surface area is 142 Å². The van der Waals surface area contributed by atoms with Gasteiger partial charge in [0.15, 0.2) is 0 Å². The van der Waals surface area contributed by atoms with Gasteiger partial charge < -0.3 is 5.32 Å². The number of aromatic nitrogens is 2. The number of benzene rings is 1. The zero-order valence-electron chi connectivity index (χ0n) is 13.8. The SMILES string of the molecule is CCCC(NC(=O)c1ccc(=O)n(C)n1)c1cccc(C(F)(F)F)c1. The fourth-order valence-electron chi connectivity index (χ4n) is 2.40. The van der Waals surface area contributed by atoms with E-state index >= 15 is 0 Å². The monoisotopic (exact) mass is 353 g/mol. The lowest BCUT2D eigenvalue weighted by atomic mass is 9.99. The van der Waals surface area contributed by atoms with Crippen LogP contribution in [-0.2, 0) is 13.2 Å². The van der Waals surface area contributed by atoms with Gasteiger partial charge in [-0.25, -0.2) is 4.68 Å². The zero-order chi connectivity index (χ0) is 18.6. The van der Waals surface area contributed by atoms with Gasteiger partial charge in [0.1, 0.15) is 5.69 Å². The number of hydrogen-bond donors (Lipinski definition) is 1. The maximum Gasteiger partial charge on any atom is 0.416 e. The second kappa shape index (κ2) is 7.50. The quantitative estimate of drug-likeness (QED) is 0.898. The van der Waals surface area contributed by atoms with Crippen LogP contribution >= 0.6 is 0 Å². The van der Waals surface area contributed by atoms with Gasteiger partial charge in [-0.2, -0.15) is 18.3 Å². The molecule has 5 nitrogen and oxygen atoms in total. The molecule has 0 radical (unpaired) electrons. The molecule has 0 spiro atoms. The first-order valence-electron chi connectivity index (χ1n) is 7.74. The standard InChI is InChI=1S/C17H18F3N3O2/c1-3-5-13(11-6-4-7-12(10-11)17(18,19)20)21-16(25)14-8-9-15(24)23(2)22-14/h4,6-10,13H,3,5H2,1-2H3,(H,21,25). The van der Waals surface area contributed by atoms with Crippen molar-refractivity contribution in [3.05, 3.63) is 63.6 Å². The number of amides is 1. The third-order valence-corrected chi connectivity index (χ3v) is 3.69. The van der Waals surface area contributed by atoms with Gasteiger partial charge in [-0.1, -0.05) is 25.5 Å². The van der Waals surface area contributed by atoms with Crippen LogP contribution in [0.4, 0.5) is 13.2 Å². The van der Waals surface area contributed by atoms with Gasteiger partial charge in [0.05, 0.1) is 11.6 Å². The molecule has 0 aliphatic rings. The summed E-state index contributed by atoms with van der Waals surface area (Å²) >= 11 is 0. The largest absolute Gasteiger partial charge is 0.416 e. The van der Waals surface area contributed by atoms with Crippen LogP contribution in [0.2, 0.25) is 0 Å². The van der Waals surface area contributed by atoms with Crippen molar-refractivity contribution < 1.29 is 18.0 Å². The van der Waals surface area contributed by atoms with Crippen LogP contribution in [0.1, 0.15) is 47.4 Å². The van der Waals surface area contributed by atoms with Crippen molar-refractivity contribution in [2.45, 2.75) is 32.0 Å². The lowest BCUT2D eigenvalue weighted by Gasteiger charge is -2.20. The number of carbonyl (C=O) groups excluding carboxylic acids is 1. The Morgan fingerprint density at radius 2 is 2.00 bits per heavy atom. The van der Waals surface area contributed by atoms with E-state index in [1.807, 2.05) is 6.92 Å². The maximum absolute atomic E-state index is 12.9. The van der Waals surface area contributed by atoms with Crippen LogP contribution in [-0.4, -0.2) is 15.7 Å². The van der Waals surface area contributed by atoms with E-state index in [0.29, 0.717) is 18.4 Å². The summed E-state index contributed by atoms with van der Waals surface area (Å²) in [6.45, 7) is 1.87. The molecule has 2 aromatic rings. The molecule has 0 saturated heterocycles. The summed E-state index contributed by atoms with van der Waals surface area (Å²) in [5.74, 6) is -0.550. The lowest BCUT2D eigenvalue weighted by molar-refractivity contribution is -0.137. The van der Waals surface area contributed by atoms with Crippen molar-refractivity contribution in [1.29, 1.82) is 0 Å². The Hall–Kier alpha value is -2.64. The van der Waals surface area contributed by atoms with Gasteiger partial charge in [0, 0.05) is 13.1 Å². The molecule has 0 aliphatic carbocycles. The molecular formula is C17H18F3N3O2. The van der Waals surface area contributed by atoms with Crippen LogP contribution in [0.5, 0.6) is 0 Å². The molecule has 8 heteroatoms. The number of carbonyl (C=O) groups is 1. The Kier molecular flexibility index (Phi) is 5.61. The van der Waals surface area contributed by atoms with E-state index in [4.69, 9.17) is 0 Å². The lowest BCUT2D eigenvalue weighted by Crippen LogP contribution is -2.31. The summed E-state index contributed by atoms with van der Waals surface area (Å²) < 4.78 is 39.7. The molecule has 1 heterocycles. The Balaban J connectivity index is 2.27. The fraction of sp³-hybridized carbons (Fsp3) is 0.353. The van der Waals surface area contributed by atoms with Crippen molar-refractivity contribution >= 4 is 5.91 Å². The molecular weight excluding hydrogens is 335 g/mol. The third kappa shape index (κ3) is 4.68. The van der Waals surface area contributed by atoms with Crippen molar-refractivity contribution in [3.63, 3.8) is 0 Å². The first-order chi connectivity index (χ1) is 11.7. The van der Waals surface area contributed by atoms with Crippen LogP contribution in [0.15, 0.2) is 41.2 Å². The normalized spacial score (nSPS) is 12.7. The zero-order valence-corrected chi connectivity index (χ0v) is 13.8. The molecule has 1 aromatic heterocycles. The number of rotatable bonds is 5. The van der Waals surface area contributed by atoms with Gasteiger partial charge in [0.2, 0.25) is 0 Å². The summed E-state index contributed by atoms with van der Waals surface area (Å²) in [4.78, 5) is 23.7. The van der Waals surface area contributed by atoms with Crippen LogP contribution in [0, 0.1) is 0 Å². The molecule has 1 unspecified atom stereocenters. The van der Waals surface area contributed by atoms with E-state index in [2.05, 4.69) is 10.4 Å². The predicted octanol–water partition coefficient (Wildman–Crippen LogP) is 3.07. The molecule has 0 fully saturated rings. The van der Waals surface area contributed by atoms with Crippen molar-refractivity contribution in [3.8, 4) is 0 Å². The summed E-state index contributed by atoms with van der Waals surface area (Å²) in [7, 11) is 1.41. The Bertz CT molecular complexity index is 815. The minimum absolute atomic E-state index is 0.0233. The molecule has 134 valence electrons. The number of alkyl halides is 3.